The molecular weight excluding hydrogens is 222 g/mol. The number of hydrogen-bond donors (Lipinski definition) is 0. The second-order valence-corrected chi connectivity index (χ2v) is 3.50. The van der Waals surface area contributed by atoms with Gasteiger partial charge in [0, 0.05) is 0 Å². The van der Waals surface area contributed by atoms with Crippen LogP contribution in [0.5, 0.6) is 0 Å². The van der Waals surface area contributed by atoms with Gasteiger partial charge in [0.05, 0.1) is 0 Å². The molecule has 0 fully saturated rings. The fraction of sp³-hybridized carbons (Fsp3) is 0.385. The quantitative estimate of drug-likeness (QED) is 0.478. The van der Waals surface area contributed by atoms with E-state index in [0.717, 1.165) is 6.42 Å². The van der Waals surface area contributed by atoms with Crippen LogP contribution in [-0.4, -0.2) is 0 Å². The maximum atomic E-state index is 2.37. The van der Waals surface area contributed by atoms with Crippen molar-refractivity contribution in [1.82, 2.24) is 0 Å². The average molecular weight is 240 g/mol. The van der Waals surface area contributed by atoms with Crippen molar-refractivity contribution in [1.29, 1.82) is 0 Å². The Hall–Kier alpha value is -0.157. The summed E-state index contributed by atoms with van der Waals surface area (Å²) < 4.78 is 0. The minimum absolute atomic E-state index is 0. The molecule has 1 aliphatic carbocycles. The average Bonchev–Trinajstić information content (AvgIpc) is 2.50. The minimum Gasteiger partial charge on any atom is -0.335 e. The molecular formula is C13H18Zn. The van der Waals surface area contributed by atoms with Gasteiger partial charge in [0.15, 0.2) is 0 Å². The summed E-state index contributed by atoms with van der Waals surface area (Å²) in [4.78, 5) is 0. The fourth-order valence-corrected chi connectivity index (χ4v) is 1.60. The summed E-state index contributed by atoms with van der Waals surface area (Å²) in [5.74, 6) is 0.677. The molecule has 1 aromatic carbocycles. The zero-order chi connectivity index (χ0) is 9.68. The molecule has 0 heterocycles. The summed E-state index contributed by atoms with van der Waals surface area (Å²) >= 11 is 0. The van der Waals surface area contributed by atoms with Gasteiger partial charge in [-0.1, -0.05) is 42.3 Å². The third-order valence-electron chi connectivity index (χ3n) is 2.24. The molecule has 0 unspecified atom stereocenters. The first kappa shape index (κ1) is 13.8. The molecule has 0 amide bonds. The maximum absolute atomic E-state index is 2.37. The molecule has 2 rings (SSSR count). The number of benzene rings is 1. The Balaban J connectivity index is 0.000000381. The zero-order valence-electron chi connectivity index (χ0n) is 9.46. The van der Waals surface area contributed by atoms with Crippen LogP contribution in [0.3, 0.4) is 0 Å². The molecule has 1 aliphatic rings. The van der Waals surface area contributed by atoms with Crippen LogP contribution in [0.2, 0.25) is 0 Å². The molecule has 0 spiro atoms. The van der Waals surface area contributed by atoms with Crippen molar-refractivity contribution in [2.24, 2.45) is 0 Å². The third-order valence-corrected chi connectivity index (χ3v) is 2.24. The van der Waals surface area contributed by atoms with E-state index >= 15 is 0 Å². The van der Waals surface area contributed by atoms with Gasteiger partial charge in [0.1, 0.15) is 0 Å². The van der Waals surface area contributed by atoms with Crippen molar-refractivity contribution in [3.63, 3.8) is 0 Å². The Morgan fingerprint density at radius 2 is 1.86 bits per heavy atom. The summed E-state index contributed by atoms with van der Waals surface area (Å²) in [6.07, 6.45) is 5.53. The van der Waals surface area contributed by atoms with E-state index in [1.165, 1.54) is 11.1 Å². The summed E-state index contributed by atoms with van der Waals surface area (Å²) in [6, 6.07) is 8.68. The van der Waals surface area contributed by atoms with Gasteiger partial charge in [-0.15, -0.1) is 5.92 Å². The van der Waals surface area contributed by atoms with Gasteiger partial charge < -0.3 is 12.8 Å². The molecule has 0 saturated carbocycles. The van der Waals surface area contributed by atoms with E-state index in [-0.39, 0.29) is 19.5 Å². The van der Waals surface area contributed by atoms with Crippen molar-refractivity contribution in [2.75, 3.05) is 0 Å². The topological polar surface area (TPSA) is 0 Å². The second-order valence-electron chi connectivity index (χ2n) is 3.50. The molecule has 72 valence electrons. The van der Waals surface area contributed by atoms with Crippen LogP contribution < -0.4 is 0 Å². The molecule has 1 atom stereocenters. The van der Waals surface area contributed by atoms with Crippen LogP contribution in [0.15, 0.2) is 24.3 Å². The molecule has 1 heteroatoms. The minimum atomic E-state index is 0. The van der Waals surface area contributed by atoms with Crippen molar-refractivity contribution >= 4 is 0 Å². The van der Waals surface area contributed by atoms with Crippen molar-refractivity contribution in [2.45, 2.75) is 33.1 Å². The molecule has 0 nitrogen and oxygen atoms in total. The molecule has 0 aliphatic heterocycles. The molecule has 0 saturated heterocycles. The van der Waals surface area contributed by atoms with Crippen LogP contribution in [-0.2, 0) is 25.9 Å². The monoisotopic (exact) mass is 238 g/mol. The molecule has 1 aromatic rings. The van der Waals surface area contributed by atoms with E-state index in [1.54, 1.807) is 0 Å². The number of fused-ring (bicyclic) bond motifs is 1. The molecule has 0 N–H and O–H groups in total. The summed E-state index contributed by atoms with van der Waals surface area (Å²) in [5.41, 5.74) is 3.03. The first-order valence-corrected chi connectivity index (χ1v) is 4.94. The molecule has 14 heavy (non-hydrogen) atoms. The third kappa shape index (κ3) is 3.54. The van der Waals surface area contributed by atoms with Crippen LogP contribution in [0.1, 0.15) is 37.8 Å². The predicted octanol–water partition coefficient (Wildman–Crippen LogP) is 3.78. The van der Waals surface area contributed by atoms with Gasteiger partial charge in [0.25, 0.3) is 0 Å². The summed E-state index contributed by atoms with van der Waals surface area (Å²) in [7, 11) is 0. The SMILES string of the molecule is C[C@H]1[CH-]Cc2ccccc21.C[CH-]C.[Zn+2]. The van der Waals surface area contributed by atoms with Crippen molar-refractivity contribution in [3.8, 4) is 0 Å². The van der Waals surface area contributed by atoms with E-state index < -0.39 is 0 Å². The van der Waals surface area contributed by atoms with E-state index in [2.05, 4.69) is 37.6 Å². The van der Waals surface area contributed by atoms with Crippen LogP contribution in [0.25, 0.3) is 0 Å². The van der Waals surface area contributed by atoms with Crippen LogP contribution >= 0.6 is 0 Å². The van der Waals surface area contributed by atoms with Gasteiger partial charge in [-0.3, -0.25) is 0 Å². The largest absolute Gasteiger partial charge is 2.00 e. The van der Waals surface area contributed by atoms with Gasteiger partial charge in [-0.05, 0) is 0 Å². The first-order chi connectivity index (χ1) is 6.29. The molecule has 0 bridgehead atoms. The Morgan fingerprint density at radius 3 is 2.43 bits per heavy atom. The first-order valence-electron chi connectivity index (χ1n) is 4.94. The molecule has 0 aromatic heterocycles. The number of hydrogen-bond acceptors (Lipinski definition) is 0. The van der Waals surface area contributed by atoms with E-state index in [0.29, 0.717) is 5.92 Å². The Bertz CT molecular complexity index is 255. The Labute approximate surface area is 101 Å². The Kier molecular flexibility index (Phi) is 7.10. The fourth-order valence-electron chi connectivity index (χ4n) is 1.60. The van der Waals surface area contributed by atoms with Crippen LogP contribution in [0.4, 0.5) is 0 Å². The van der Waals surface area contributed by atoms with E-state index in [9.17, 15) is 0 Å². The van der Waals surface area contributed by atoms with Gasteiger partial charge in [0.2, 0.25) is 0 Å². The van der Waals surface area contributed by atoms with Crippen molar-refractivity contribution < 1.29 is 19.5 Å². The summed E-state index contributed by atoms with van der Waals surface area (Å²) in [5, 5.41) is 0. The summed E-state index contributed by atoms with van der Waals surface area (Å²) in [6.45, 7) is 6.26. The van der Waals surface area contributed by atoms with Crippen molar-refractivity contribution in [3.05, 3.63) is 48.2 Å². The van der Waals surface area contributed by atoms with E-state index in [4.69, 9.17) is 0 Å². The standard InChI is InChI=1S/C10H11.C3H7.Zn/c1-8-6-7-9-4-2-3-5-10(8)9;1-3-2;/h2-6,8H,7H2,1H3;3H,1-2H3;/q2*-1;+2/t8-;;/m0../s1. The number of rotatable bonds is 0. The maximum Gasteiger partial charge on any atom is 2.00 e. The normalized spacial score (nSPS) is 17.5. The molecule has 0 radical (unpaired) electrons. The second kappa shape index (κ2) is 7.18. The van der Waals surface area contributed by atoms with Gasteiger partial charge >= 0.3 is 19.5 Å². The van der Waals surface area contributed by atoms with E-state index in [1.807, 2.05) is 20.3 Å². The predicted molar refractivity (Wildman–Crippen MR) is 58.5 cm³/mol. The van der Waals surface area contributed by atoms with Crippen LogP contribution in [0, 0.1) is 12.8 Å². The smallest absolute Gasteiger partial charge is 0.335 e. The Morgan fingerprint density at radius 1 is 1.29 bits per heavy atom. The van der Waals surface area contributed by atoms with Gasteiger partial charge in [-0.2, -0.15) is 20.3 Å². The van der Waals surface area contributed by atoms with Gasteiger partial charge in [-0.25, -0.2) is 0 Å². The zero-order valence-corrected chi connectivity index (χ0v) is 12.4.